The lowest BCUT2D eigenvalue weighted by Crippen LogP contribution is -2.39. The molecule has 1 saturated carbocycles. The number of nitrogens with zero attached hydrogens (tertiary/aromatic N) is 1. The fraction of sp³-hybridized carbons (Fsp3) is 0.647. The highest BCUT2D eigenvalue weighted by molar-refractivity contribution is 5.18. The number of nitrogens with two attached hydrogens (primary N) is 1. The first-order chi connectivity index (χ1) is 9.65. The third-order valence-corrected chi connectivity index (χ3v) is 5.28. The maximum Gasteiger partial charge on any atom is 0.126 e. The largest absolute Gasteiger partial charge is 0.327 e. The fourth-order valence-electron chi connectivity index (χ4n) is 4.02. The molecule has 2 aliphatic rings. The number of halogens is 1. The average molecular weight is 276 g/mol. The van der Waals surface area contributed by atoms with Crippen LogP contribution in [0.4, 0.5) is 4.39 Å². The van der Waals surface area contributed by atoms with Crippen molar-refractivity contribution in [3.8, 4) is 0 Å². The molecule has 20 heavy (non-hydrogen) atoms. The fourth-order valence-corrected chi connectivity index (χ4v) is 4.02. The van der Waals surface area contributed by atoms with E-state index in [1.807, 2.05) is 12.1 Å². The minimum atomic E-state index is -0.0762. The Hall–Kier alpha value is -0.930. The van der Waals surface area contributed by atoms with E-state index in [9.17, 15) is 4.39 Å². The molecule has 2 nitrogen and oxygen atoms in total. The van der Waals surface area contributed by atoms with Gasteiger partial charge in [-0.25, -0.2) is 4.39 Å². The molecule has 4 unspecified atom stereocenters. The minimum Gasteiger partial charge on any atom is -0.327 e. The molecule has 1 saturated heterocycles. The zero-order chi connectivity index (χ0) is 14.1. The molecule has 1 aromatic carbocycles. The van der Waals surface area contributed by atoms with Crippen molar-refractivity contribution >= 4 is 0 Å². The van der Waals surface area contributed by atoms with Gasteiger partial charge < -0.3 is 5.73 Å². The van der Waals surface area contributed by atoms with E-state index in [1.54, 1.807) is 12.1 Å². The monoisotopic (exact) mass is 276 g/mol. The van der Waals surface area contributed by atoms with Crippen LogP contribution in [0.15, 0.2) is 24.3 Å². The molecule has 0 spiro atoms. The summed E-state index contributed by atoms with van der Waals surface area (Å²) in [5.41, 5.74) is 7.10. The summed E-state index contributed by atoms with van der Waals surface area (Å²) in [5.74, 6) is 1.35. The van der Waals surface area contributed by atoms with E-state index >= 15 is 0 Å². The zero-order valence-electron chi connectivity index (χ0n) is 12.3. The van der Waals surface area contributed by atoms with Crippen LogP contribution in [0.25, 0.3) is 0 Å². The number of hydrogen-bond acceptors (Lipinski definition) is 2. The van der Waals surface area contributed by atoms with Crippen LogP contribution >= 0.6 is 0 Å². The molecule has 0 bridgehead atoms. The molecular weight excluding hydrogens is 251 g/mol. The molecular formula is C17H25FN2. The topological polar surface area (TPSA) is 29.3 Å². The van der Waals surface area contributed by atoms with Gasteiger partial charge in [0, 0.05) is 25.2 Å². The SMILES string of the molecule is CC(Cc1ccccc1F)N1CC2CCCC(N)C2C1. The van der Waals surface area contributed by atoms with Gasteiger partial charge in [0.05, 0.1) is 0 Å². The smallest absolute Gasteiger partial charge is 0.126 e. The van der Waals surface area contributed by atoms with Crippen LogP contribution in [-0.2, 0) is 6.42 Å². The average Bonchev–Trinajstić information content (AvgIpc) is 2.87. The number of likely N-dealkylation sites (tertiary alicyclic amines) is 1. The summed E-state index contributed by atoms with van der Waals surface area (Å²) in [5, 5.41) is 0. The third kappa shape index (κ3) is 2.75. The van der Waals surface area contributed by atoms with Gasteiger partial charge in [0.1, 0.15) is 5.82 Å². The van der Waals surface area contributed by atoms with Gasteiger partial charge in [-0.15, -0.1) is 0 Å². The molecule has 2 N–H and O–H groups in total. The molecule has 110 valence electrons. The molecule has 4 atom stereocenters. The van der Waals surface area contributed by atoms with Gasteiger partial charge in [-0.05, 0) is 49.7 Å². The van der Waals surface area contributed by atoms with Crippen molar-refractivity contribution in [2.24, 2.45) is 17.6 Å². The van der Waals surface area contributed by atoms with Crippen molar-refractivity contribution < 1.29 is 4.39 Å². The molecule has 2 fully saturated rings. The van der Waals surface area contributed by atoms with E-state index in [0.29, 0.717) is 18.0 Å². The summed E-state index contributed by atoms with van der Waals surface area (Å²) in [6.07, 6.45) is 4.57. The quantitative estimate of drug-likeness (QED) is 0.920. The minimum absolute atomic E-state index is 0.0762. The van der Waals surface area contributed by atoms with Crippen molar-refractivity contribution in [3.05, 3.63) is 35.6 Å². The van der Waals surface area contributed by atoms with Crippen LogP contribution in [0.3, 0.4) is 0 Å². The third-order valence-electron chi connectivity index (χ3n) is 5.28. The van der Waals surface area contributed by atoms with Gasteiger partial charge in [0.25, 0.3) is 0 Å². The van der Waals surface area contributed by atoms with E-state index in [2.05, 4.69) is 11.8 Å². The maximum atomic E-state index is 13.8. The second-order valence-electron chi connectivity index (χ2n) is 6.62. The first-order valence-corrected chi connectivity index (χ1v) is 7.88. The Labute approximate surface area is 121 Å². The zero-order valence-corrected chi connectivity index (χ0v) is 12.3. The van der Waals surface area contributed by atoms with Gasteiger partial charge >= 0.3 is 0 Å². The molecule has 0 amide bonds. The Morgan fingerprint density at radius 2 is 2.10 bits per heavy atom. The summed E-state index contributed by atoms with van der Waals surface area (Å²) in [7, 11) is 0. The molecule has 3 rings (SSSR count). The van der Waals surface area contributed by atoms with Crippen LogP contribution in [0.2, 0.25) is 0 Å². The van der Waals surface area contributed by atoms with E-state index in [1.165, 1.54) is 19.3 Å². The van der Waals surface area contributed by atoms with Crippen LogP contribution in [-0.4, -0.2) is 30.1 Å². The second-order valence-corrected chi connectivity index (χ2v) is 6.62. The number of hydrogen-bond donors (Lipinski definition) is 1. The Kier molecular flexibility index (Phi) is 4.08. The van der Waals surface area contributed by atoms with Crippen LogP contribution in [0.5, 0.6) is 0 Å². The highest BCUT2D eigenvalue weighted by Gasteiger charge is 2.39. The second kappa shape index (κ2) is 5.82. The van der Waals surface area contributed by atoms with Crippen molar-refractivity contribution in [1.29, 1.82) is 0 Å². The van der Waals surface area contributed by atoms with Crippen molar-refractivity contribution in [1.82, 2.24) is 4.90 Å². The summed E-state index contributed by atoms with van der Waals surface area (Å²) in [4.78, 5) is 2.52. The summed E-state index contributed by atoms with van der Waals surface area (Å²) in [6, 6.07) is 7.91. The van der Waals surface area contributed by atoms with Gasteiger partial charge in [0.2, 0.25) is 0 Å². The molecule has 1 aliphatic carbocycles. The number of fused-ring (bicyclic) bond motifs is 1. The number of benzene rings is 1. The van der Waals surface area contributed by atoms with E-state index in [4.69, 9.17) is 5.73 Å². The predicted octanol–water partition coefficient (Wildman–Crippen LogP) is 2.82. The van der Waals surface area contributed by atoms with Gasteiger partial charge in [0.15, 0.2) is 0 Å². The summed E-state index contributed by atoms with van der Waals surface area (Å²) in [6.45, 7) is 4.46. The molecule has 1 aromatic rings. The van der Waals surface area contributed by atoms with Crippen LogP contribution in [0, 0.1) is 17.7 Å². The van der Waals surface area contributed by atoms with Gasteiger partial charge in [-0.2, -0.15) is 0 Å². The highest BCUT2D eigenvalue weighted by atomic mass is 19.1. The lowest BCUT2D eigenvalue weighted by atomic mass is 9.78. The molecule has 0 radical (unpaired) electrons. The van der Waals surface area contributed by atoms with Crippen molar-refractivity contribution in [3.63, 3.8) is 0 Å². The Morgan fingerprint density at radius 3 is 2.85 bits per heavy atom. The predicted molar refractivity (Wildman–Crippen MR) is 79.9 cm³/mol. The van der Waals surface area contributed by atoms with Crippen molar-refractivity contribution in [2.75, 3.05) is 13.1 Å². The Morgan fingerprint density at radius 1 is 1.30 bits per heavy atom. The van der Waals surface area contributed by atoms with Gasteiger partial charge in [-0.1, -0.05) is 24.6 Å². The van der Waals surface area contributed by atoms with E-state index in [0.717, 1.165) is 31.0 Å². The van der Waals surface area contributed by atoms with Crippen LogP contribution < -0.4 is 5.73 Å². The van der Waals surface area contributed by atoms with E-state index < -0.39 is 0 Å². The lowest BCUT2D eigenvalue weighted by molar-refractivity contribution is 0.240. The maximum absolute atomic E-state index is 13.8. The standard InChI is InChI=1S/C17H25FN2/c1-12(9-13-5-2-3-7-16(13)18)20-10-14-6-4-8-17(19)15(14)11-20/h2-3,5,7,12,14-15,17H,4,6,8-11,19H2,1H3. The molecule has 1 heterocycles. The van der Waals surface area contributed by atoms with Crippen LogP contribution in [0.1, 0.15) is 31.7 Å². The van der Waals surface area contributed by atoms with E-state index in [-0.39, 0.29) is 5.82 Å². The Balaban J connectivity index is 1.64. The number of rotatable bonds is 3. The summed E-state index contributed by atoms with van der Waals surface area (Å²) < 4.78 is 13.8. The lowest BCUT2D eigenvalue weighted by Gasteiger charge is -2.30. The van der Waals surface area contributed by atoms with Crippen molar-refractivity contribution in [2.45, 2.75) is 44.7 Å². The first kappa shape index (κ1) is 14.0. The molecule has 0 aromatic heterocycles. The highest BCUT2D eigenvalue weighted by Crippen LogP contribution is 2.36. The summed E-state index contributed by atoms with van der Waals surface area (Å²) >= 11 is 0. The normalized spacial score (nSPS) is 32.0. The molecule has 1 aliphatic heterocycles. The first-order valence-electron chi connectivity index (χ1n) is 7.88. The molecule has 3 heteroatoms. The Bertz CT molecular complexity index is 462. The van der Waals surface area contributed by atoms with Gasteiger partial charge in [-0.3, -0.25) is 4.90 Å².